The van der Waals surface area contributed by atoms with Crippen LogP contribution in [-0.4, -0.2) is 49.6 Å². The van der Waals surface area contributed by atoms with Crippen molar-refractivity contribution in [2.24, 2.45) is 0 Å². The molecule has 0 radical (unpaired) electrons. The van der Waals surface area contributed by atoms with E-state index in [0.717, 1.165) is 6.04 Å². The average Bonchev–Trinajstić information content (AvgIpc) is 2.29. The van der Waals surface area contributed by atoms with Gasteiger partial charge in [0.25, 0.3) is 0 Å². The summed E-state index contributed by atoms with van der Waals surface area (Å²) < 4.78 is 0. The number of rotatable bonds is 7. The summed E-state index contributed by atoms with van der Waals surface area (Å²) in [5, 5.41) is 0. The molecule has 0 spiro atoms. The Labute approximate surface area is 102 Å². The fourth-order valence-electron chi connectivity index (χ4n) is 2.59. The highest BCUT2D eigenvalue weighted by Crippen LogP contribution is 2.14. The molecule has 96 valence electrons. The third-order valence-corrected chi connectivity index (χ3v) is 3.79. The summed E-state index contributed by atoms with van der Waals surface area (Å²) in [7, 11) is 4.44. The van der Waals surface area contributed by atoms with E-state index in [1.54, 1.807) is 0 Å². The molecule has 1 rings (SSSR count). The van der Waals surface area contributed by atoms with Crippen LogP contribution in [0.15, 0.2) is 0 Å². The standard InChI is InChI=1S/C14H30N2/c1-4-5-6-7-8-11-16-12-9-10-14(13-16)15(2)3/h14H,4-13H2,1-3H3. The minimum absolute atomic E-state index is 0.796. The molecule has 0 aromatic heterocycles. The second kappa shape index (κ2) is 8.08. The fourth-order valence-corrected chi connectivity index (χ4v) is 2.59. The zero-order valence-corrected chi connectivity index (χ0v) is 11.5. The maximum Gasteiger partial charge on any atom is 0.0217 e. The first-order valence-electron chi connectivity index (χ1n) is 7.12. The highest BCUT2D eigenvalue weighted by Gasteiger charge is 2.20. The maximum absolute atomic E-state index is 2.67. The van der Waals surface area contributed by atoms with Gasteiger partial charge in [-0.2, -0.15) is 0 Å². The van der Waals surface area contributed by atoms with Crippen molar-refractivity contribution in [3.05, 3.63) is 0 Å². The van der Waals surface area contributed by atoms with Crippen LogP contribution in [0, 0.1) is 0 Å². The first-order chi connectivity index (χ1) is 7.74. The zero-order valence-electron chi connectivity index (χ0n) is 11.5. The van der Waals surface area contributed by atoms with E-state index in [2.05, 4.69) is 30.8 Å². The van der Waals surface area contributed by atoms with Gasteiger partial charge in [0.05, 0.1) is 0 Å². The summed E-state index contributed by atoms with van der Waals surface area (Å²) in [5.74, 6) is 0. The summed E-state index contributed by atoms with van der Waals surface area (Å²) in [4.78, 5) is 5.06. The molecule has 1 saturated heterocycles. The van der Waals surface area contributed by atoms with Gasteiger partial charge in [-0.15, -0.1) is 0 Å². The molecule has 0 amide bonds. The molecule has 0 bridgehead atoms. The third kappa shape index (κ3) is 5.31. The van der Waals surface area contributed by atoms with E-state index < -0.39 is 0 Å². The van der Waals surface area contributed by atoms with E-state index in [0.29, 0.717) is 0 Å². The van der Waals surface area contributed by atoms with E-state index in [-0.39, 0.29) is 0 Å². The van der Waals surface area contributed by atoms with Crippen molar-refractivity contribution < 1.29 is 0 Å². The predicted octanol–water partition coefficient (Wildman–Crippen LogP) is 2.98. The number of piperidine rings is 1. The molecule has 1 unspecified atom stereocenters. The molecule has 1 aliphatic heterocycles. The monoisotopic (exact) mass is 226 g/mol. The van der Waals surface area contributed by atoms with Gasteiger partial charge >= 0.3 is 0 Å². The molecule has 1 fully saturated rings. The van der Waals surface area contributed by atoms with Crippen LogP contribution in [0.5, 0.6) is 0 Å². The quantitative estimate of drug-likeness (QED) is 0.616. The summed E-state index contributed by atoms with van der Waals surface area (Å²) in [6, 6.07) is 0.796. The lowest BCUT2D eigenvalue weighted by atomic mass is 10.0. The van der Waals surface area contributed by atoms with Crippen LogP contribution in [0.3, 0.4) is 0 Å². The summed E-state index contributed by atoms with van der Waals surface area (Å²) >= 11 is 0. The van der Waals surface area contributed by atoms with Gasteiger partial charge < -0.3 is 9.80 Å². The largest absolute Gasteiger partial charge is 0.305 e. The van der Waals surface area contributed by atoms with Crippen LogP contribution in [0.1, 0.15) is 51.9 Å². The third-order valence-electron chi connectivity index (χ3n) is 3.79. The van der Waals surface area contributed by atoms with E-state index >= 15 is 0 Å². The van der Waals surface area contributed by atoms with Crippen LogP contribution in [-0.2, 0) is 0 Å². The van der Waals surface area contributed by atoms with Gasteiger partial charge in [-0.05, 0) is 46.4 Å². The maximum atomic E-state index is 2.67. The predicted molar refractivity (Wildman–Crippen MR) is 71.9 cm³/mol. The van der Waals surface area contributed by atoms with Gasteiger partial charge in [-0.1, -0.05) is 32.6 Å². The second-order valence-corrected chi connectivity index (χ2v) is 5.47. The molecule has 1 atom stereocenters. The summed E-state index contributed by atoms with van der Waals surface area (Å²) in [5.41, 5.74) is 0. The molecule has 1 aliphatic rings. The van der Waals surface area contributed by atoms with Crippen LogP contribution in [0.2, 0.25) is 0 Å². The molecule has 0 aromatic rings. The highest BCUT2D eigenvalue weighted by molar-refractivity contribution is 4.77. The van der Waals surface area contributed by atoms with Crippen molar-refractivity contribution in [3.63, 3.8) is 0 Å². The van der Waals surface area contributed by atoms with Crippen LogP contribution < -0.4 is 0 Å². The zero-order chi connectivity index (χ0) is 11.8. The average molecular weight is 226 g/mol. The van der Waals surface area contributed by atoms with Gasteiger partial charge in [-0.25, -0.2) is 0 Å². The van der Waals surface area contributed by atoms with Gasteiger partial charge in [0.1, 0.15) is 0 Å². The van der Waals surface area contributed by atoms with Crippen LogP contribution in [0.25, 0.3) is 0 Å². The Morgan fingerprint density at radius 3 is 2.56 bits per heavy atom. The van der Waals surface area contributed by atoms with E-state index in [9.17, 15) is 0 Å². The first kappa shape index (κ1) is 14.0. The van der Waals surface area contributed by atoms with Crippen LogP contribution in [0.4, 0.5) is 0 Å². The number of likely N-dealkylation sites (N-methyl/N-ethyl adjacent to an activating group) is 1. The second-order valence-electron chi connectivity index (χ2n) is 5.47. The Bertz CT molecular complexity index is 168. The molecule has 16 heavy (non-hydrogen) atoms. The molecule has 2 nitrogen and oxygen atoms in total. The minimum Gasteiger partial charge on any atom is -0.305 e. The molecule has 0 N–H and O–H groups in total. The molecule has 0 aliphatic carbocycles. The lowest BCUT2D eigenvalue weighted by molar-refractivity contribution is 0.131. The van der Waals surface area contributed by atoms with Crippen molar-refractivity contribution in [3.8, 4) is 0 Å². The van der Waals surface area contributed by atoms with E-state index in [4.69, 9.17) is 0 Å². The number of likely N-dealkylation sites (tertiary alicyclic amines) is 1. The Hall–Kier alpha value is -0.0800. The molecular formula is C14H30N2. The molecular weight excluding hydrogens is 196 g/mol. The molecule has 0 aromatic carbocycles. The van der Waals surface area contributed by atoms with Crippen molar-refractivity contribution in [2.75, 3.05) is 33.7 Å². The van der Waals surface area contributed by atoms with Crippen LogP contribution >= 0.6 is 0 Å². The lowest BCUT2D eigenvalue weighted by Gasteiger charge is -2.36. The topological polar surface area (TPSA) is 6.48 Å². The van der Waals surface area contributed by atoms with E-state index in [1.807, 2.05) is 0 Å². The van der Waals surface area contributed by atoms with Crippen molar-refractivity contribution in [1.29, 1.82) is 0 Å². The molecule has 0 saturated carbocycles. The highest BCUT2D eigenvalue weighted by atomic mass is 15.2. The van der Waals surface area contributed by atoms with Crippen molar-refractivity contribution in [2.45, 2.75) is 57.9 Å². The Balaban J connectivity index is 2.07. The Morgan fingerprint density at radius 1 is 1.12 bits per heavy atom. The normalized spacial score (nSPS) is 22.9. The van der Waals surface area contributed by atoms with E-state index in [1.165, 1.54) is 64.6 Å². The Morgan fingerprint density at radius 2 is 1.88 bits per heavy atom. The Kier molecular flexibility index (Phi) is 7.06. The van der Waals surface area contributed by atoms with Gasteiger partial charge in [0.2, 0.25) is 0 Å². The lowest BCUT2D eigenvalue weighted by Crippen LogP contribution is -2.45. The summed E-state index contributed by atoms with van der Waals surface area (Å²) in [6.07, 6.45) is 9.81. The number of hydrogen-bond acceptors (Lipinski definition) is 2. The van der Waals surface area contributed by atoms with Gasteiger partial charge in [0.15, 0.2) is 0 Å². The summed E-state index contributed by atoms with van der Waals surface area (Å²) in [6.45, 7) is 6.24. The molecule has 1 heterocycles. The van der Waals surface area contributed by atoms with Crippen molar-refractivity contribution in [1.82, 2.24) is 9.80 Å². The number of hydrogen-bond donors (Lipinski definition) is 0. The van der Waals surface area contributed by atoms with Crippen molar-refractivity contribution >= 4 is 0 Å². The number of unbranched alkanes of at least 4 members (excludes halogenated alkanes) is 4. The SMILES string of the molecule is CCCCCCCN1CCCC(N(C)C)C1. The van der Waals surface area contributed by atoms with Gasteiger partial charge in [-0.3, -0.25) is 0 Å². The minimum atomic E-state index is 0.796. The smallest absolute Gasteiger partial charge is 0.0217 e. The fraction of sp³-hybridized carbons (Fsp3) is 1.00. The molecule has 2 heteroatoms. The van der Waals surface area contributed by atoms with Gasteiger partial charge in [0, 0.05) is 12.6 Å². The number of nitrogens with zero attached hydrogens (tertiary/aromatic N) is 2. The first-order valence-corrected chi connectivity index (χ1v) is 7.12.